The van der Waals surface area contributed by atoms with Gasteiger partial charge in [0.15, 0.2) is 5.96 Å². The molecular weight excluding hydrogens is 352 g/mol. The number of aliphatic imine (C=N–C) groups is 1. The normalized spacial score (nSPS) is 17.7. The smallest absolute Gasteiger partial charge is 0.243 e. The lowest BCUT2D eigenvalue weighted by atomic mass is 10.1. The summed E-state index contributed by atoms with van der Waals surface area (Å²) in [7, 11) is 3.46. The summed E-state index contributed by atoms with van der Waals surface area (Å²) >= 11 is 6.02. The maximum atomic E-state index is 11.8. The van der Waals surface area contributed by atoms with E-state index in [-0.39, 0.29) is 18.6 Å². The van der Waals surface area contributed by atoms with Gasteiger partial charge in [0.05, 0.1) is 6.10 Å². The van der Waals surface area contributed by atoms with Crippen LogP contribution in [0.4, 0.5) is 0 Å². The molecule has 1 amide bonds. The molecule has 1 saturated heterocycles. The molecule has 0 saturated carbocycles. The Morgan fingerprint density at radius 1 is 1.35 bits per heavy atom. The molecule has 1 unspecified atom stereocenters. The number of hydrogen-bond donors (Lipinski definition) is 2. The molecule has 1 aliphatic rings. The van der Waals surface area contributed by atoms with Crippen molar-refractivity contribution in [3.8, 4) is 0 Å². The minimum Gasteiger partial charge on any atom is -0.376 e. The van der Waals surface area contributed by atoms with Gasteiger partial charge in [-0.25, -0.2) is 4.99 Å². The lowest BCUT2D eigenvalue weighted by Gasteiger charge is -2.24. The minimum atomic E-state index is -0.0325. The van der Waals surface area contributed by atoms with Gasteiger partial charge in [0.1, 0.15) is 6.54 Å². The van der Waals surface area contributed by atoms with Crippen LogP contribution in [0.15, 0.2) is 29.3 Å². The first-order valence-corrected chi connectivity index (χ1v) is 9.51. The quantitative estimate of drug-likeness (QED) is 0.561. The van der Waals surface area contributed by atoms with Crippen LogP contribution in [0.5, 0.6) is 0 Å². The highest BCUT2D eigenvalue weighted by molar-refractivity contribution is 6.30. The minimum absolute atomic E-state index is 0.0325. The Bertz CT molecular complexity index is 601. The molecule has 1 aromatic rings. The highest BCUT2D eigenvalue weighted by Crippen LogP contribution is 2.12. The molecule has 1 atom stereocenters. The summed E-state index contributed by atoms with van der Waals surface area (Å²) in [6.45, 7) is 2.33. The van der Waals surface area contributed by atoms with E-state index in [9.17, 15) is 4.79 Å². The largest absolute Gasteiger partial charge is 0.376 e. The second kappa shape index (κ2) is 11.0. The third-order valence-electron chi connectivity index (χ3n) is 4.24. The number of likely N-dealkylation sites (N-methyl/N-ethyl adjacent to an activating group) is 1. The molecule has 1 aliphatic heterocycles. The summed E-state index contributed by atoms with van der Waals surface area (Å²) in [5.74, 6) is 0.603. The fourth-order valence-electron chi connectivity index (χ4n) is 2.66. The van der Waals surface area contributed by atoms with Crippen LogP contribution in [0.2, 0.25) is 5.02 Å². The zero-order valence-corrected chi connectivity index (χ0v) is 16.4. The summed E-state index contributed by atoms with van der Waals surface area (Å²) < 4.78 is 5.74. The average Bonchev–Trinajstić information content (AvgIpc) is 2.64. The number of carbonyl (C=O) groups excluding carboxylic acids is 1. The second-order valence-electron chi connectivity index (χ2n) is 6.63. The van der Waals surface area contributed by atoms with Crippen LogP contribution in [0.1, 0.15) is 24.8 Å². The number of nitrogens with zero attached hydrogens (tertiary/aromatic N) is 2. The molecule has 2 N–H and O–H groups in total. The van der Waals surface area contributed by atoms with Crippen molar-refractivity contribution < 1.29 is 9.53 Å². The highest BCUT2D eigenvalue weighted by Gasteiger charge is 2.14. The van der Waals surface area contributed by atoms with Crippen LogP contribution in [0.25, 0.3) is 0 Å². The van der Waals surface area contributed by atoms with Gasteiger partial charge >= 0.3 is 0 Å². The molecule has 1 heterocycles. The molecule has 1 aromatic carbocycles. The van der Waals surface area contributed by atoms with E-state index in [1.165, 1.54) is 11.3 Å². The Kier molecular flexibility index (Phi) is 8.71. The molecule has 7 heteroatoms. The Hall–Kier alpha value is -1.79. The molecule has 0 bridgehead atoms. The van der Waals surface area contributed by atoms with Gasteiger partial charge in [-0.15, -0.1) is 0 Å². The Morgan fingerprint density at radius 3 is 2.88 bits per heavy atom. The van der Waals surface area contributed by atoms with Crippen molar-refractivity contribution in [3.63, 3.8) is 0 Å². The zero-order valence-electron chi connectivity index (χ0n) is 15.6. The van der Waals surface area contributed by atoms with Crippen LogP contribution in [-0.2, 0) is 16.0 Å². The fraction of sp³-hybridized carbons (Fsp3) is 0.579. The van der Waals surface area contributed by atoms with Gasteiger partial charge in [-0.2, -0.15) is 0 Å². The highest BCUT2D eigenvalue weighted by atomic mass is 35.5. The van der Waals surface area contributed by atoms with Crippen LogP contribution >= 0.6 is 11.6 Å². The number of benzene rings is 1. The molecule has 6 nitrogen and oxygen atoms in total. The van der Waals surface area contributed by atoms with Crippen LogP contribution in [0, 0.1) is 0 Å². The second-order valence-corrected chi connectivity index (χ2v) is 7.07. The van der Waals surface area contributed by atoms with Crippen LogP contribution in [-0.4, -0.2) is 63.2 Å². The van der Waals surface area contributed by atoms with Crippen LogP contribution < -0.4 is 10.6 Å². The molecule has 0 radical (unpaired) electrons. The molecule has 26 heavy (non-hydrogen) atoms. The van der Waals surface area contributed by atoms with E-state index >= 15 is 0 Å². The molecule has 144 valence electrons. The summed E-state index contributed by atoms with van der Waals surface area (Å²) in [5.41, 5.74) is 1.16. The SMILES string of the molecule is CN(C)C(=O)CN=C(NCCc1cccc(Cl)c1)NCC1CCCCO1. The van der Waals surface area contributed by atoms with E-state index in [1.807, 2.05) is 24.3 Å². The Balaban J connectivity index is 1.86. The monoisotopic (exact) mass is 380 g/mol. The van der Waals surface area contributed by atoms with Gasteiger partial charge in [0, 0.05) is 38.8 Å². The maximum Gasteiger partial charge on any atom is 0.243 e. The van der Waals surface area contributed by atoms with Crippen molar-refractivity contribution >= 4 is 23.5 Å². The number of amides is 1. The average molecular weight is 381 g/mol. The number of ether oxygens (including phenoxy) is 1. The third-order valence-corrected chi connectivity index (χ3v) is 4.47. The number of hydrogen-bond acceptors (Lipinski definition) is 3. The molecular formula is C19H29ClN4O2. The number of halogens is 1. The number of nitrogens with one attached hydrogen (secondary N) is 2. The predicted octanol–water partition coefficient (Wildman–Crippen LogP) is 2.07. The molecule has 2 rings (SSSR count). The Labute approximate surface area is 161 Å². The standard InChI is InChI=1S/C19H29ClN4O2/c1-24(2)18(25)14-23-19(22-13-17-8-3-4-11-26-17)21-10-9-15-6-5-7-16(20)12-15/h5-7,12,17H,3-4,8-11,13-14H2,1-2H3,(H2,21,22,23). The van der Waals surface area contributed by atoms with Crippen molar-refractivity contribution in [1.82, 2.24) is 15.5 Å². The lowest BCUT2D eigenvalue weighted by molar-refractivity contribution is -0.127. The van der Waals surface area contributed by atoms with Crippen molar-refractivity contribution in [2.75, 3.05) is 40.3 Å². The number of rotatable bonds is 7. The van der Waals surface area contributed by atoms with Crippen molar-refractivity contribution in [1.29, 1.82) is 0 Å². The Morgan fingerprint density at radius 2 is 2.19 bits per heavy atom. The summed E-state index contributed by atoms with van der Waals surface area (Å²) in [5, 5.41) is 7.33. The predicted molar refractivity (Wildman–Crippen MR) is 106 cm³/mol. The summed E-state index contributed by atoms with van der Waals surface area (Å²) in [4.78, 5) is 17.7. The first-order chi connectivity index (χ1) is 12.5. The van der Waals surface area contributed by atoms with Gasteiger partial charge in [-0.3, -0.25) is 4.79 Å². The number of carbonyl (C=O) groups is 1. The maximum absolute atomic E-state index is 11.8. The zero-order chi connectivity index (χ0) is 18.8. The topological polar surface area (TPSA) is 66.0 Å². The van der Waals surface area contributed by atoms with E-state index < -0.39 is 0 Å². The van der Waals surface area contributed by atoms with E-state index in [1.54, 1.807) is 14.1 Å². The summed E-state index contributed by atoms with van der Waals surface area (Å²) in [6.07, 6.45) is 4.41. The van der Waals surface area contributed by atoms with E-state index in [2.05, 4.69) is 15.6 Å². The molecule has 1 fully saturated rings. The van der Waals surface area contributed by atoms with E-state index in [0.29, 0.717) is 19.0 Å². The van der Waals surface area contributed by atoms with Gasteiger partial charge < -0.3 is 20.3 Å². The fourth-order valence-corrected chi connectivity index (χ4v) is 2.87. The lowest BCUT2D eigenvalue weighted by Crippen LogP contribution is -2.43. The van der Waals surface area contributed by atoms with Gasteiger partial charge in [0.2, 0.25) is 5.91 Å². The number of guanidine groups is 1. The molecule has 0 aliphatic carbocycles. The van der Waals surface area contributed by atoms with Crippen LogP contribution in [0.3, 0.4) is 0 Å². The summed E-state index contributed by atoms with van der Waals surface area (Å²) in [6, 6.07) is 7.81. The third kappa shape index (κ3) is 7.62. The van der Waals surface area contributed by atoms with Gasteiger partial charge in [0.25, 0.3) is 0 Å². The van der Waals surface area contributed by atoms with E-state index in [0.717, 1.165) is 36.5 Å². The van der Waals surface area contributed by atoms with Crippen molar-refractivity contribution in [2.45, 2.75) is 31.8 Å². The molecule has 0 aromatic heterocycles. The van der Waals surface area contributed by atoms with Crippen molar-refractivity contribution in [2.24, 2.45) is 4.99 Å². The van der Waals surface area contributed by atoms with Crippen molar-refractivity contribution in [3.05, 3.63) is 34.9 Å². The van der Waals surface area contributed by atoms with Gasteiger partial charge in [-0.05, 0) is 43.4 Å². The van der Waals surface area contributed by atoms with Gasteiger partial charge in [-0.1, -0.05) is 23.7 Å². The first kappa shape index (κ1) is 20.5. The van der Waals surface area contributed by atoms with E-state index in [4.69, 9.17) is 16.3 Å². The first-order valence-electron chi connectivity index (χ1n) is 9.13. The molecule has 0 spiro atoms.